The van der Waals surface area contributed by atoms with Crippen LogP contribution in [0.15, 0.2) is 45.5 Å². The molecule has 6 heteroatoms. The van der Waals surface area contributed by atoms with E-state index in [1.54, 1.807) is 6.20 Å². The number of pyridine rings is 1. The minimum Gasteiger partial charge on any atom is -0.474 e. The first-order chi connectivity index (χ1) is 11.2. The van der Waals surface area contributed by atoms with Crippen LogP contribution in [0.2, 0.25) is 0 Å². The number of hydrogen-bond donors (Lipinski definition) is 0. The normalized spacial score (nSPS) is 16.7. The number of nitrogens with zero attached hydrogens (tertiary/aromatic N) is 3. The van der Waals surface area contributed by atoms with E-state index in [-0.39, 0.29) is 6.10 Å². The van der Waals surface area contributed by atoms with Crippen molar-refractivity contribution >= 4 is 15.9 Å². The van der Waals surface area contributed by atoms with E-state index in [4.69, 9.17) is 9.26 Å². The predicted molar refractivity (Wildman–Crippen MR) is 89.1 cm³/mol. The van der Waals surface area contributed by atoms with Gasteiger partial charge in [-0.3, -0.25) is 0 Å². The molecule has 5 nitrogen and oxygen atoms in total. The summed E-state index contributed by atoms with van der Waals surface area (Å²) in [7, 11) is 0. The molecular formula is C17H14BrN3O2. The highest BCUT2D eigenvalue weighted by molar-refractivity contribution is 9.10. The smallest absolute Gasteiger partial charge is 0.259 e. The van der Waals surface area contributed by atoms with Gasteiger partial charge in [-0.2, -0.15) is 4.98 Å². The molecule has 3 aromatic rings. The molecule has 1 atom stereocenters. The van der Waals surface area contributed by atoms with E-state index >= 15 is 0 Å². The first-order valence-corrected chi connectivity index (χ1v) is 8.24. The van der Waals surface area contributed by atoms with Gasteiger partial charge >= 0.3 is 0 Å². The van der Waals surface area contributed by atoms with Crippen molar-refractivity contribution in [2.75, 3.05) is 0 Å². The molecule has 2 aromatic heterocycles. The third-order valence-electron chi connectivity index (χ3n) is 3.83. The van der Waals surface area contributed by atoms with Gasteiger partial charge in [0.25, 0.3) is 5.89 Å². The van der Waals surface area contributed by atoms with Crippen LogP contribution in [0.5, 0.6) is 5.88 Å². The fourth-order valence-electron chi connectivity index (χ4n) is 2.57. The number of benzene rings is 1. The van der Waals surface area contributed by atoms with Gasteiger partial charge in [-0.05, 0) is 50.1 Å². The van der Waals surface area contributed by atoms with Gasteiger partial charge in [-0.1, -0.05) is 21.1 Å². The molecule has 0 N–H and O–H groups in total. The summed E-state index contributed by atoms with van der Waals surface area (Å²) in [6.45, 7) is 2.06. The maximum absolute atomic E-state index is 5.73. The molecule has 116 valence electrons. The molecule has 0 saturated carbocycles. The molecule has 0 radical (unpaired) electrons. The Bertz CT molecular complexity index is 845. The zero-order valence-corrected chi connectivity index (χ0v) is 14.1. The van der Waals surface area contributed by atoms with Crippen molar-refractivity contribution in [1.29, 1.82) is 0 Å². The summed E-state index contributed by atoms with van der Waals surface area (Å²) in [4.78, 5) is 8.85. The van der Waals surface area contributed by atoms with Crippen LogP contribution in [0, 0.1) is 0 Å². The second-order valence-electron chi connectivity index (χ2n) is 5.59. The number of aromatic nitrogens is 3. The Morgan fingerprint density at radius 1 is 1.17 bits per heavy atom. The average Bonchev–Trinajstić information content (AvgIpc) is 3.05. The standard InChI is InChI=1S/C17H14BrN3O2/c1-10-2-3-12-8-13(9-19-16(12)22-10)17-20-15(21-23-17)11-4-6-14(18)7-5-11/h4-10H,2-3H2,1H3. The lowest BCUT2D eigenvalue weighted by atomic mass is 10.0. The molecule has 0 aliphatic carbocycles. The molecule has 4 rings (SSSR count). The number of fused-ring (bicyclic) bond motifs is 1. The molecule has 1 aliphatic rings. The average molecular weight is 372 g/mol. The summed E-state index contributed by atoms with van der Waals surface area (Å²) in [6, 6.07) is 9.81. The molecule has 0 spiro atoms. The summed E-state index contributed by atoms with van der Waals surface area (Å²) >= 11 is 3.41. The molecule has 1 unspecified atom stereocenters. The number of rotatable bonds is 2. The Kier molecular flexibility index (Phi) is 3.61. The maximum atomic E-state index is 5.73. The summed E-state index contributed by atoms with van der Waals surface area (Å²) in [6.07, 6.45) is 3.88. The van der Waals surface area contributed by atoms with Crippen molar-refractivity contribution in [1.82, 2.24) is 15.1 Å². The van der Waals surface area contributed by atoms with E-state index in [0.717, 1.165) is 34.0 Å². The lowest BCUT2D eigenvalue weighted by Crippen LogP contribution is -2.19. The molecule has 1 aromatic carbocycles. The largest absolute Gasteiger partial charge is 0.474 e. The van der Waals surface area contributed by atoms with Gasteiger partial charge in [-0.25, -0.2) is 4.98 Å². The molecule has 3 heterocycles. The van der Waals surface area contributed by atoms with Crippen LogP contribution in [0.1, 0.15) is 18.9 Å². The van der Waals surface area contributed by atoms with Crippen molar-refractivity contribution < 1.29 is 9.26 Å². The maximum Gasteiger partial charge on any atom is 0.259 e. The Labute approximate surface area is 141 Å². The van der Waals surface area contributed by atoms with Crippen LogP contribution < -0.4 is 4.74 Å². The molecule has 1 aliphatic heterocycles. The van der Waals surface area contributed by atoms with Crippen LogP contribution in [-0.2, 0) is 6.42 Å². The first kappa shape index (κ1) is 14.4. The van der Waals surface area contributed by atoms with Crippen LogP contribution in [0.25, 0.3) is 22.8 Å². The van der Waals surface area contributed by atoms with Gasteiger partial charge in [0.15, 0.2) is 0 Å². The van der Waals surface area contributed by atoms with E-state index in [9.17, 15) is 0 Å². The predicted octanol–water partition coefficient (Wildman–Crippen LogP) is 4.27. The van der Waals surface area contributed by atoms with Crippen molar-refractivity contribution in [2.24, 2.45) is 0 Å². The number of hydrogen-bond acceptors (Lipinski definition) is 5. The van der Waals surface area contributed by atoms with Crippen molar-refractivity contribution in [3.63, 3.8) is 0 Å². The first-order valence-electron chi connectivity index (χ1n) is 7.44. The fourth-order valence-corrected chi connectivity index (χ4v) is 2.83. The monoisotopic (exact) mass is 371 g/mol. The Balaban J connectivity index is 1.65. The topological polar surface area (TPSA) is 61.0 Å². The third-order valence-corrected chi connectivity index (χ3v) is 4.36. The molecule has 23 heavy (non-hydrogen) atoms. The van der Waals surface area contributed by atoms with Gasteiger partial charge in [0.05, 0.1) is 11.7 Å². The quantitative estimate of drug-likeness (QED) is 0.672. The number of halogens is 1. The second-order valence-corrected chi connectivity index (χ2v) is 6.50. The summed E-state index contributed by atoms with van der Waals surface area (Å²) < 4.78 is 12.1. The van der Waals surface area contributed by atoms with E-state index in [2.05, 4.69) is 38.0 Å². The minimum absolute atomic E-state index is 0.216. The zero-order valence-electron chi connectivity index (χ0n) is 12.5. The van der Waals surface area contributed by atoms with E-state index in [0.29, 0.717) is 17.6 Å². The number of ether oxygens (including phenoxy) is 1. The van der Waals surface area contributed by atoms with E-state index in [1.807, 2.05) is 30.3 Å². The molecular weight excluding hydrogens is 358 g/mol. The van der Waals surface area contributed by atoms with Crippen molar-refractivity contribution in [3.05, 3.63) is 46.6 Å². The second kappa shape index (κ2) is 5.77. The Hall–Kier alpha value is -2.21. The Morgan fingerprint density at radius 2 is 2.00 bits per heavy atom. The van der Waals surface area contributed by atoms with E-state index < -0.39 is 0 Å². The van der Waals surface area contributed by atoms with Gasteiger partial charge < -0.3 is 9.26 Å². The van der Waals surface area contributed by atoms with Crippen molar-refractivity contribution in [3.8, 4) is 28.7 Å². The third kappa shape index (κ3) is 2.86. The molecule has 0 amide bonds. The van der Waals surface area contributed by atoms with Crippen molar-refractivity contribution in [2.45, 2.75) is 25.9 Å². The molecule has 0 fully saturated rings. The zero-order chi connectivity index (χ0) is 15.8. The Morgan fingerprint density at radius 3 is 2.83 bits per heavy atom. The van der Waals surface area contributed by atoms with Gasteiger partial charge in [0, 0.05) is 21.8 Å². The fraction of sp³-hybridized carbons (Fsp3) is 0.235. The number of aryl methyl sites for hydroxylation is 1. The minimum atomic E-state index is 0.216. The van der Waals surface area contributed by atoms with Gasteiger partial charge in [0.1, 0.15) is 0 Å². The van der Waals surface area contributed by atoms with Gasteiger partial charge in [-0.15, -0.1) is 0 Å². The van der Waals surface area contributed by atoms with Crippen LogP contribution in [0.4, 0.5) is 0 Å². The van der Waals surface area contributed by atoms with E-state index in [1.165, 1.54) is 0 Å². The van der Waals surface area contributed by atoms with Crippen LogP contribution in [0.3, 0.4) is 0 Å². The summed E-state index contributed by atoms with van der Waals surface area (Å²) in [5.74, 6) is 1.74. The molecule has 0 saturated heterocycles. The highest BCUT2D eigenvalue weighted by Gasteiger charge is 2.19. The molecule has 0 bridgehead atoms. The highest BCUT2D eigenvalue weighted by atomic mass is 79.9. The highest BCUT2D eigenvalue weighted by Crippen LogP contribution is 2.30. The lowest BCUT2D eigenvalue weighted by Gasteiger charge is -2.21. The van der Waals surface area contributed by atoms with Crippen LogP contribution in [-0.4, -0.2) is 21.2 Å². The lowest BCUT2D eigenvalue weighted by molar-refractivity contribution is 0.183. The van der Waals surface area contributed by atoms with Crippen LogP contribution >= 0.6 is 15.9 Å². The van der Waals surface area contributed by atoms with Gasteiger partial charge in [0.2, 0.25) is 11.7 Å². The SMILES string of the molecule is CC1CCc2cc(-c3nc(-c4ccc(Br)cc4)no3)cnc2O1. The summed E-state index contributed by atoms with van der Waals surface area (Å²) in [5, 5.41) is 4.06. The summed E-state index contributed by atoms with van der Waals surface area (Å²) in [5.41, 5.74) is 2.81.